The highest BCUT2D eigenvalue weighted by molar-refractivity contribution is 14.0. The summed E-state index contributed by atoms with van der Waals surface area (Å²) in [6.45, 7) is 1.04. The van der Waals surface area contributed by atoms with Crippen molar-refractivity contribution in [2.45, 2.75) is 43.9 Å². The first-order valence-corrected chi connectivity index (χ1v) is 8.24. The monoisotopic (exact) mass is 469 g/mol. The number of aromatic nitrogens is 1. The van der Waals surface area contributed by atoms with E-state index in [0.29, 0.717) is 30.9 Å². The number of piperidine rings is 1. The van der Waals surface area contributed by atoms with Crippen LogP contribution in [0.5, 0.6) is 0 Å². The van der Waals surface area contributed by atoms with Crippen molar-refractivity contribution in [3.8, 4) is 0 Å². The lowest BCUT2D eigenvalue weighted by Crippen LogP contribution is -2.51. The van der Waals surface area contributed by atoms with E-state index >= 15 is 0 Å². The predicted octanol–water partition coefficient (Wildman–Crippen LogP) is 3.23. The molecule has 1 aromatic rings. The van der Waals surface area contributed by atoms with E-state index in [1.165, 1.54) is 0 Å². The number of alkyl halides is 3. The number of hydrogen-bond acceptors (Lipinski definition) is 3. The zero-order chi connectivity index (χ0) is 17.2. The van der Waals surface area contributed by atoms with Crippen LogP contribution in [-0.4, -0.2) is 47.2 Å². The van der Waals surface area contributed by atoms with E-state index in [1.807, 2.05) is 12.1 Å². The van der Waals surface area contributed by atoms with Gasteiger partial charge in [0.05, 0.1) is 12.0 Å². The molecule has 9 heteroatoms. The van der Waals surface area contributed by atoms with Crippen LogP contribution in [0, 0.1) is 5.92 Å². The second-order valence-electron chi connectivity index (χ2n) is 6.49. The molecular formula is C16H23F3IN5. The fourth-order valence-electron chi connectivity index (χ4n) is 3.35. The van der Waals surface area contributed by atoms with Gasteiger partial charge in [0.25, 0.3) is 0 Å². The Hall–Kier alpha value is -1.10. The van der Waals surface area contributed by atoms with Crippen molar-refractivity contribution in [1.82, 2.24) is 9.88 Å². The van der Waals surface area contributed by atoms with Gasteiger partial charge in [-0.2, -0.15) is 13.2 Å². The molecule has 2 aliphatic rings. The lowest BCUT2D eigenvalue weighted by atomic mass is 9.83. The molecular weight excluding hydrogens is 446 g/mol. The number of guanidine groups is 1. The third kappa shape index (κ3) is 5.44. The summed E-state index contributed by atoms with van der Waals surface area (Å²) in [6, 6.07) is 5.93. The lowest BCUT2D eigenvalue weighted by Gasteiger charge is -2.44. The molecule has 1 aliphatic heterocycles. The Bertz CT molecular complexity index is 567. The Labute approximate surface area is 162 Å². The standard InChI is InChI=1S/C16H22F3N5.HI/c17-16(18,19)11-4-7-24(8-5-11)13-9-12(10-13)22-15(20)23-14-3-1-2-6-21-14;/h1-3,6,11-13H,4-5,7-10H2,(H3,20,21,22,23);1H. The third-order valence-corrected chi connectivity index (χ3v) is 4.84. The number of rotatable bonds is 3. The van der Waals surface area contributed by atoms with Gasteiger partial charge in [-0.1, -0.05) is 6.07 Å². The molecule has 140 valence electrons. The molecule has 1 aromatic heterocycles. The minimum absolute atomic E-state index is 0. The van der Waals surface area contributed by atoms with Crippen molar-refractivity contribution in [3.63, 3.8) is 0 Å². The van der Waals surface area contributed by atoms with E-state index < -0.39 is 12.1 Å². The topological polar surface area (TPSA) is 66.5 Å². The van der Waals surface area contributed by atoms with Gasteiger partial charge in [0.1, 0.15) is 5.82 Å². The van der Waals surface area contributed by atoms with Crippen molar-refractivity contribution in [3.05, 3.63) is 24.4 Å². The maximum Gasteiger partial charge on any atom is 0.391 e. The van der Waals surface area contributed by atoms with E-state index in [0.717, 1.165) is 12.8 Å². The van der Waals surface area contributed by atoms with Gasteiger partial charge in [-0.05, 0) is 50.9 Å². The first-order chi connectivity index (χ1) is 11.4. The Morgan fingerprint density at radius 2 is 1.92 bits per heavy atom. The van der Waals surface area contributed by atoms with Crippen LogP contribution in [0.4, 0.5) is 19.0 Å². The van der Waals surface area contributed by atoms with Gasteiger partial charge in [-0.25, -0.2) is 9.98 Å². The fraction of sp³-hybridized carbons (Fsp3) is 0.625. The van der Waals surface area contributed by atoms with Crippen molar-refractivity contribution >= 4 is 35.8 Å². The van der Waals surface area contributed by atoms with Gasteiger partial charge >= 0.3 is 6.18 Å². The van der Waals surface area contributed by atoms with Crippen LogP contribution in [-0.2, 0) is 0 Å². The van der Waals surface area contributed by atoms with Crippen molar-refractivity contribution in [1.29, 1.82) is 0 Å². The molecule has 3 rings (SSSR count). The quantitative estimate of drug-likeness (QED) is 0.406. The van der Waals surface area contributed by atoms with Gasteiger partial charge in [0.15, 0.2) is 5.96 Å². The highest BCUT2D eigenvalue weighted by atomic mass is 127. The predicted molar refractivity (Wildman–Crippen MR) is 102 cm³/mol. The average Bonchev–Trinajstić information content (AvgIpc) is 2.51. The molecule has 1 aliphatic carbocycles. The van der Waals surface area contributed by atoms with Crippen LogP contribution in [0.25, 0.3) is 0 Å². The van der Waals surface area contributed by atoms with E-state index in [2.05, 4.69) is 20.2 Å². The van der Waals surface area contributed by atoms with Gasteiger partial charge < -0.3 is 16.0 Å². The molecule has 0 amide bonds. The highest BCUT2D eigenvalue weighted by Crippen LogP contribution is 2.37. The van der Waals surface area contributed by atoms with Crippen LogP contribution < -0.4 is 11.1 Å². The Morgan fingerprint density at radius 1 is 1.24 bits per heavy atom. The Kier molecular flexibility index (Phi) is 6.89. The van der Waals surface area contributed by atoms with E-state index in [-0.39, 0.29) is 42.9 Å². The zero-order valence-electron chi connectivity index (χ0n) is 13.7. The Balaban J connectivity index is 0.00000225. The van der Waals surface area contributed by atoms with E-state index in [1.54, 1.807) is 12.3 Å². The summed E-state index contributed by atoms with van der Waals surface area (Å²) in [6.07, 6.45) is -0.277. The number of nitrogens with two attached hydrogens (primary N) is 1. The molecule has 0 aromatic carbocycles. The number of pyridine rings is 1. The van der Waals surface area contributed by atoms with Gasteiger partial charge in [0.2, 0.25) is 0 Å². The van der Waals surface area contributed by atoms with Crippen LogP contribution in [0.3, 0.4) is 0 Å². The summed E-state index contributed by atoms with van der Waals surface area (Å²) < 4.78 is 38.1. The summed E-state index contributed by atoms with van der Waals surface area (Å²) in [5, 5.41) is 2.94. The molecule has 3 N–H and O–H groups in total. The smallest absolute Gasteiger partial charge is 0.370 e. The van der Waals surface area contributed by atoms with Crippen LogP contribution >= 0.6 is 24.0 Å². The number of halogens is 4. The van der Waals surface area contributed by atoms with Crippen LogP contribution in [0.2, 0.25) is 0 Å². The molecule has 0 atom stereocenters. The van der Waals surface area contributed by atoms with Crippen molar-refractivity contribution in [2.75, 3.05) is 18.4 Å². The number of anilines is 1. The zero-order valence-corrected chi connectivity index (χ0v) is 16.1. The molecule has 5 nitrogen and oxygen atoms in total. The van der Waals surface area contributed by atoms with E-state index in [9.17, 15) is 13.2 Å². The molecule has 25 heavy (non-hydrogen) atoms. The molecule has 2 heterocycles. The minimum Gasteiger partial charge on any atom is -0.370 e. The SMILES string of the molecule is I.NC(=NC1CC(N2CCC(C(F)(F)F)CC2)C1)Nc1ccccn1. The largest absolute Gasteiger partial charge is 0.391 e. The maximum absolute atomic E-state index is 12.7. The first kappa shape index (κ1) is 20.2. The third-order valence-electron chi connectivity index (χ3n) is 4.84. The summed E-state index contributed by atoms with van der Waals surface area (Å²) >= 11 is 0. The number of nitrogens with one attached hydrogen (secondary N) is 1. The van der Waals surface area contributed by atoms with E-state index in [4.69, 9.17) is 5.73 Å². The second kappa shape index (κ2) is 8.52. The maximum atomic E-state index is 12.7. The Morgan fingerprint density at radius 3 is 2.48 bits per heavy atom. The molecule has 2 fully saturated rings. The molecule has 1 saturated heterocycles. The number of nitrogens with zero attached hydrogens (tertiary/aromatic N) is 3. The number of aliphatic imine (C=N–C) groups is 1. The number of hydrogen-bond donors (Lipinski definition) is 2. The molecule has 1 saturated carbocycles. The van der Waals surface area contributed by atoms with Crippen molar-refractivity contribution in [2.24, 2.45) is 16.6 Å². The second-order valence-corrected chi connectivity index (χ2v) is 6.49. The first-order valence-electron chi connectivity index (χ1n) is 8.24. The minimum atomic E-state index is -4.05. The van der Waals surface area contributed by atoms with Crippen LogP contribution in [0.15, 0.2) is 29.4 Å². The number of likely N-dealkylation sites (tertiary alicyclic amines) is 1. The summed E-state index contributed by atoms with van der Waals surface area (Å²) in [5.74, 6) is -0.169. The lowest BCUT2D eigenvalue weighted by molar-refractivity contribution is -0.187. The summed E-state index contributed by atoms with van der Waals surface area (Å²) in [7, 11) is 0. The summed E-state index contributed by atoms with van der Waals surface area (Å²) in [5.41, 5.74) is 5.87. The van der Waals surface area contributed by atoms with Gasteiger partial charge in [-0.15, -0.1) is 24.0 Å². The average molecular weight is 469 g/mol. The van der Waals surface area contributed by atoms with Crippen LogP contribution in [0.1, 0.15) is 25.7 Å². The normalized spacial score (nSPS) is 25.8. The van der Waals surface area contributed by atoms with Crippen molar-refractivity contribution < 1.29 is 13.2 Å². The highest BCUT2D eigenvalue weighted by Gasteiger charge is 2.43. The van der Waals surface area contributed by atoms with Gasteiger partial charge in [0, 0.05) is 12.2 Å². The summed E-state index contributed by atoms with van der Waals surface area (Å²) in [4.78, 5) is 10.7. The van der Waals surface area contributed by atoms with Gasteiger partial charge in [-0.3, -0.25) is 0 Å². The molecule has 0 unspecified atom stereocenters. The molecule has 0 radical (unpaired) electrons. The fourth-order valence-corrected chi connectivity index (χ4v) is 3.35. The molecule has 0 bridgehead atoms. The molecule has 0 spiro atoms.